The van der Waals surface area contributed by atoms with Gasteiger partial charge in [-0.25, -0.2) is 4.39 Å². The largest absolute Gasteiger partial charge is 0.382 e. The molecule has 0 saturated carbocycles. The van der Waals surface area contributed by atoms with E-state index >= 15 is 0 Å². The van der Waals surface area contributed by atoms with Crippen molar-refractivity contribution in [2.24, 2.45) is 0 Å². The van der Waals surface area contributed by atoms with Crippen molar-refractivity contribution in [3.05, 3.63) is 34.1 Å². The quantitative estimate of drug-likeness (QED) is 0.830. The van der Waals surface area contributed by atoms with Gasteiger partial charge in [0, 0.05) is 17.6 Å². The van der Waals surface area contributed by atoms with Crippen LogP contribution in [0, 0.1) is 5.82 Å². The molecule has 0 saturated heterocycles. The lowest BCUT2D eigenvalue weighted by atomic mass is 10.0. The molecule has 0 fully saturated rings. The number of hydrogen-bond donors (Lipinski definition) is 1. The van der Waals surface area contributed by atoms with Gasteiger partial charge in [-0.2, -0.15) is 0 Å². The summed E-state index contributed by atoms with van der Waals surface area (Å²) in [5.41, 5.74) is 0.735. The van der Waals surface area contributed by atoms with Crippen LogP contribution >= 0.6 is 15.9 Å². The fourth-order valence-corrected chi connectivity index (χ4v) is 2.40. The zero-order chi connectivity index (χ0) is 13.5. The molecule has 0 amide bonds. The summed E-state index contributed by atoms with van der Waals surface area (Å²) in [6.07, 6.45) is 1.72. The van der Waals surface area contributed by atoms with E-state index in [0.717, 1.165) is 23.0 Å². The third kappa shape index (κ3) is 5.04. The minimum atomic E-state index is -0.147. The van der Waals surface area contributed by atoms with E-state index in [9.17, 15) is 4.39 Å². The normalized spacial score (nSPS) is 14.5. The molecule has 4 heteroatoms. The van der Waals surface area contributed by atoms with Crippen molar-refractivity contribution in [2.75, 3.05) is 13.7 Å². The highest BCUT2D eigenvalue weighted by Crippen LogP contribution is 2.18. The van der Waals surface area contributed by atoms with E-state index in [1.165, 1.54) is 6.07 Å². The number of ether oxygens (including phenoxy) is 1. The molecule has 1 aromatic rings. The SMILES string of the molecule is CCNC(Cc1cc(Br)ccc1F)CC(C)OC. The Morgan fingerprint density at radius 3 is 2.78 bits per heavy atom. The molecule has 0 aliphatic rings. The summed E-state index contributed by atoms with van der Waals surface area (Å²) < 4.78 is 19.9. The monoisotopic (exact) mass is 317 g/mol. The lowest BCUT2D eigenvalue weighted by molar-refractivity contribution is 0.100. The Morgan fingerprint density at radius 1 is 1.44 bits per heavy atom. The predicted molar refractivity (Wildman–Crippen MR) is 76.4 cm³/mol. The molecular weight excluding hydrogens is 297 g/mol. The van der Waals surface area contributed by atoms with E-state index < -0.39 is 0 Å². The molecule has 0 aliphatic carbocycles. The van der Waals surface area contributed by atoms with Crippen molar-refractivity contribution in [1.82, 2.24) is 5.32 Å². The first-order valence-electron chi connectivity index (χ1n) is 6.26. The van der Waals surface area contributed by atoms with Gasteiger partial charge in [-0.3, -0.25) is 0 Å². The second-order valence-electron chi connectivity index (χ2n) is 4.48. The molecule has 102 valence electrons. The molecule has 0 aromatic heterocycles. The van der Waals surface area contributed by atoms with Crippen LogP contribution in [0.1, 0.15) is 25.8 Å². The third-order valence-corrected chi connectivity index (χ3v) is 3.48. The van der Waals surface area contributed by atoms with Gasteiger partial charge in [0.15, 0.2) is 0 Å². The van der Waals surface area contributed by atoms with Crippen molar-refractivity contribution in [1.29, 1.82) is 0 Å². The average Bonchev–Trinajstić information content (AvgIpc) is 2.34. The van der Waals surface area contributed by atoms with Crippen LogP contribution in [0.4, 0.5) is 4.39 Å². The smallest absolute Gasteiger partial charge is 0.126 e. The molecule has 1 N–H and O–H groups in total. The summed E-state index contributed by atoms with van der Waals surface area (Å²) in [5, 5.41) is 3.38. The molecule has 0 spiro atoms. The topological polar surface area (TPSA) is 21.3 Å². The molecule has 0 bridgehead atoms. The molecule has 0 heterocycles. The van der Waals surface area contributed by atoms with Gasteiger partial charge in [-0.05, 0) is 50.1 Å². The summed E-state index contributed by atoms with van der Waals surface area (Å²) in [6, 6.07) is 5.30. The van der Waals surface area contributed by atoms with Crippen molar-refractivity contribution in [2.45, 2.75) is 38.8 Å². The van der Waals surface area contributed by atoms with E-state index in [4.69, 9.17) is 4.74 Å². The summed E-state index contributed by atoms with van der Waals surface area (Å²) in [7, 11) is 1.70. The summed E-state index contributed by atoms with van der Waals surface area (Å²) in [4.78, 5) is 0. The molecule has 2 atom stereocenters. The van der Waals surface area contributed by atoms with Crippen molar-refractivity contribution < 1.29 is 9.13 Å². The first kappa shape index (κ1) is 15.6. The Bertz CT molecular complexity index is 373. The molecule has 1 aromatic carbocycles. The van der Waals surface area contributed by atoms with E-state index in [-0.39, 0.29) is 18.0 Å². The number of halogens is 2. The highest BCUT2D eigenvalue weighted by Gasteiger charge is 2.15. The maximum absolute atomic E-state index is 13.7. The Kier molecular flexibility index (Phi) is 6.82. The number of likely N-dealkylation sites (N-methyl/N-ethyl adjacent to an activating group) is 1. The summed E-state index contributed by atoms with van der Waals surface area (Å²) >= 11 is 3.38. The minimum absolute atomic E-state index is 0.147. The standard InChI is InChI=1S/C14H21BrFNO/c1-4-17-13(7-10(2)18-3)9-11-8-12(15)5-6-14(11)16/h5-6,8,10,13,17H,4,7,9H2,1-3H3. The van der Waals surface area contributed by atoms with Gasteiger partial charge in [0.2, 0.25) is 0 Å². The molecular formula is C14H21BrFNO. The molecule has 0 radical (unpaired) electrons. The molecule has 18 heavy (non-hydrogen) atoms. The second kappa shape index (κ2) is 7.87. The Hall–Kier alpha value is -0.450. The van der Waals surface area contributed by atoms with Gasteiger partial charge in [0.1, 0.15) is 5.82 Å². The van der Waals surface area contributed by atoms with Crippen LogP contribution in [-0.4, -0.2) is 25.8 Å². The van der Waals surface area contributed by atoms with Crippen LogP contribution in [0.15, 0.2) is 22.7 Å². The van der Waals surface area contributed by atoms with E-state index in [1.807, 2.05) is 13.0 Å². The Balaban J connectivity index is 2.72. The zero-order valence-corrected chi connectivity index (χ0v) is 12.8. The van der Waals surface area contributed by atoms with Crippen LogP contribution in [-0.2, 0) is 11.2 Å². The van der Waals surface area contributed by atoms with Gasteiger partial charge in [0.05, 0.1) is 6.10 Å². The Labute approximate surface area is 117 Å². The molecule has 2 unspecified atom stereocenters. The van der Waals surface area contributed by atoms with Crippen molar-refractivity contribution in [3.8, 4) is 0 Å². The fourth-order valence-electron chi connectivity index (χ4n) is 1.99. The molecule has 2 nitrogen and oxygen atoms in total. The maximum atomic E-state index is 13.7. The van der Waals surface area contributed by atoms with Crippen molar-refractivity contribution in [3.63, 3.8) is 0 Å². The van der Waals surface area contributed by atoms with Crippen LogP contribution in [0.25, 0.3) is 0 Å². The highest BCUT2D eigenvalue weighted by atomic mass is 79.9. The molecule has 1 rings (SSSR count). The first-order valence-corrected chi connectivity index (χ1v) is 7.06. The van der Waals surface area contributed by atoms with Crippen LogP contribution < -0.4 is 5.32 Å². The average molecular weight is 318 g/mol. The van der Waals surface area contributed by atoms with Gasteiger partial charge < -0.3 is 10.1 Å². The second-order valence-corrected chi connectivity index (χ2v) is 5.39. The van der Waals surface area contributed by atoms with Gasteiger partial charge in [-0.15, -0.1) is 0 Å². The van der Waals surface area contributed by atoms with Gasteiger partial charge >= 0.3 is 0 Å². The number of hydrogen-bond acceptors (Lipinski definition) is 2. The molecule has 0 aliphatic heterocycles. The van der Waals surface area contributed by atoms with Crippen LogP contribution in [0.3, 0.4) is 0 Å². The summed E-state index contributed by atoms with van der Waals surface area (Å²) in [5.74, 6) is -0.147. The number of methoxy groups -OCH3 is 1. The highest BCUT2D eigenvalue weighted by molar-refractivity contribution is 9.10. The van der Waals surface area contributed by atoms with E-state index in [2.05, 4.69) is 28.2 Å². The Morgan fingerprint density at radius 2 is 2.17 bits per heavy atom. The zero-order valence-electron chi connectivity index (χ0n) is 11.2. The maximum Gasteiger partial charge on any atom is 0.126 e. The fraction of sp³-hybridized carbons (Fsp3) is 0.571. The predicted octanol–water partition coefficient (Wildman–Crippen LogP) is 3.53. The van der Waals surface area contributed by atoms with Crippen molar-refractivity contribution >= 4 is 15.9 Å². The third-order valence-electron chi connectivity index (χ3n) is 2.99. The number of rotatable bonds is 7. The minimum Gasteiger partial charge on any atom is -0.382 e. The number of benzene rings is 1. The number of nitrogens with one attached hydrogen (secondary N) is 1. The lowest BCUT2D eigenvalue weighted by Crippen LogP contribution is -2.34. The van der Waals surface area contributed by atoms with E-state index in [1.54, 1.807) is 13.2 Å². The van der Waals surface area contributed by atoms with Gasteiger partial charge in [-0.1, -0.05) is 22.9 Å². The lowest BCUT2D eigenvalue weighted by Gasteiger charge is -2.21. The first-order chi connectivity index (χ1) is 8.56. The summed E-state index contributed by atoms with van der Waals surface area (Å²) in [6.45, 7) is 4.96. The van der Waals surface area contributed by atoms with Gasteiger partial charge in [0.25, 0.3) is 0 Å². The van der Waals surface area contributed by atoms with Crippen LogP contribution in [0.2, 0.25) is 0 Å². The van der Waals surface area contributed by atoms with Crippen LogP contribution in [0.5, 0.6) is 0 Å². The van der Waals surface area contributed by atoms with E-state index in [0.29, 0.717) is 6.42 Å².